The number of aryl methyl sites for hydroxylation is 1. The Bertz CT molecular complexity index is 942. The fourth-order valence-electron chi connectivity index (χ4n) is 2.44. The Labute approximate surface area is 162 Å². The molecule has 0 aliphatic heterocycles. The number of anilines is 1. The highest BCUT2D eigenvalue weighted by molar-refractivity contribution is 6.33. The molecule has 1 N–H and O–H groups in total. The summed E-state index contributed by atoms with van der Waals surface area (Å²) in [6.45, 7) is 4.35. The minimum atomic E-state index is -0.352. The highest BCUT2D eigenvalue weighted by atomic mass is 35.5. The van der Waals surface area contributed by atoms with E-state index in [9.17, 15) is 4.79 Å². The number of halogens is 1. The minimum absolute atomic E-state index is 0.164. The maximum absolute atomic E-state index is 12.6. The van der Waals surface area contributed by atoms with Gasteiger partial charge in [0.15, 0.2) is 5.75 Å². The third-order valence-electron chi connectivity index (χ3n) is 3.73. The molecule has 0 bridgehead atoms. The molecule has 0 aliphatic rings. The molecule has 27 heavy (non-hydrogen) atoms. The predicted octanol–water partition coefficient (Wildman–Crippen LogP) is 5.49. The molecule has 6 heteroatoms. The van der Waals surface area contributed by atoms with Gasteiger partial charge in [-0.25, -0.2) is 4.98 Å². The average molecular weight is 383 g/mol. The third kappa shape index (κ3) is 4.77. The molecule has 0 unspecified atom stereocenters. The zero-order valence-electron chi connectivity index (χ0n) is 15.0. The second-order valence-corrected chi connectivity index (χ2v) is 6.11. The van der Waals surface area contributed by atoms with Crippen LogP contribution in [0, 0.1) is 6.92 Å². The topological polar surface area (TPSA) is 60.5 Å². The summed E-state index contributed by atoms with van der Waals surface area (Å²) in [5, 5.41) is 2.99. The van der Waals surface area contributed by atoms with Crippen LogP contribution in [-0.4, -0.2) is 17.5 Å². The van der Waals surface area contributed by atoms with Crippen LogP contribution in [0.5, 0.6) is 17.2 Å². The van der Waals surface area contributed by atoms with E-state index in [0.717, 1.165) is 11.4 Å². The molecular formula is C21H19ClN2O3. The first-order valence-corrected chi connectivity index (χ1v) is 8.89. The molecule has 3 rings (SSSR count). The molecule has 0 fully saturated rings. The lowest BCUT2D eigenvalue weighted by Crippen LogP contribution is -2.13. The first-order valence-electron chi connectivity index (χ1n) is 8.51. The molecule has 0 atom stereocenters. The summed E-state index contributed by atoms with van der Waals surface area (Å²) in [5.41, 5.74) is 1.59. The lowest BCUT2D eigenvalue weighted by Gasteiger charge is -2.13. The summed E-state index contributed by atoms with van der Waals surface area (Å²) in [6, 6.07) is 17.9. The molecule has 5 nitrogen and oxygen atoms in total. The maximum atomic E-state index is 12.6. The second-order valence-electron chi connectivity index (χ2n) is 5.75. The SMILES string of the molecule is CCOc1ccc(Oc2ccccc2NC(=O)c2ccc(C)nc2Cl)cc1. The number of para-hydroxylation sites is 2. The zero-order valence-corrected chi connectivity index (χ0v) is 15.8. The Kier molecular flexibility index (Phi) is 5.94. The van der Waals surface area contributed by atoms with Crippen LogP contribution in [0.4, 0.5) is 5.69 Å². The lowest BCUT2D eigenvalue weighted by molar-refractivity contribution is 0.102. The van der Waals surface area contributed by atoms with Gasteiger partial charge >= 0.3 is 0 Å². The monoisotopic (exact) mass is 382 g/mol. The van der Waals surface area contributed by atoms with E-state index in [2.05, 4.69) is 10.3 Å². The number of pyridine rings is 1. The van der Waals surface area contributed by atoms with Gasteiger partial charge < -0.3 is 14.8 Å². The third-order valence-corrected chi connectivity index (χ3v) is 4.02. The molecule has 3 aromatic rings. The Hall–Kier alpha value is -3.05. The van der Waals surface area contributed by atoms with Gasteiger partial charge in [0.1, 0.15) is 16.7 Å². The second kappa shape index (κ2) is 8.56. The van der Waals surface area contributed by atoms with Gasteiger partial charge in [-0.2, -0.15) is 0 Å². The molecule has 2 aromatic carbocycles. The number of carbonyl (C=O) groups is 1. The Morgan fingerprint density at radius 1 is 1.04 bits per heavy atom. The Morgan fingerprint density at radius 3 is 2.44 bits per heavy atom. The van der Waals surface area contributed by atoms with Crippen molar-refractivity contribution in [2.45, 2.75) is 13.8 Å². The number of nitrogens with one attached hydrogen (secondary N) is 1. The van der Waals surface area contributed by atoms with Gasteiger partial charge in [0.2, 0.25) is 0 Å². The number of hydrogen-bond donors (Lipinski definition) is 1. The summed E-state index contributed by atoms with van der Waals surface area (Å²) < 4.78 is 11.3. The summed E-state index contributed by atoms with van der Waals surface area (Å²) >= 11 is 6.09. The van der Waals surface area contributed by atoms with Crippen LogP contribution in [0.2, 0.25) is 5.15 Å². The molecule has 0 aliphatic carbocycles. The molecule has 0 spiro atoms. The molecule has 1 heterocycles. The van der Waals surface area contributed by atoms with E-state index in [4.69, 9.17) is 21.1 Å². The Balaban J connectivity index is 1.78. The van der Waals surface area contributed by atoms with Crippen LogP contribution < -0.4 is 14.8 Å². The molecule has 138 valence electrons. The number of benzene rings is 2. The van der Waals surface area contributed by atoms with Crippen molar-refractivity contribution >= 4 is 23.2 Å². The van der Waals surface area contributed by atoms with Gasteiger partial charge in [-0.3, -0.25) is 4.79 Å². The van der Waals surface area contributed by atoms with Gasteiger partial charge in [-0.05, 0) is 62.4 Å². The van der Waals surface area contributed by atoms with Crippen molar-refractivity contribution in [3.05, 3.63) is 77.1 Å². The van der Waals surface area contributed by atoms with Crippen molar-refractivity contribution in [2.24, 2.45) is 0 Å². The average Bonchev–Trinajstić information content (AvgIpc) is 2.65. The van der Waals surface area contributed by atoms with Crippen molar-refractivity contribution in [1.82, 2.24) is 4.98 Å². The number of hydrogen-bond acceptors (Lipinski definition) is 4. The maximum Gasteiger partial charge on any atom is 0.258 e. The normalized spacial score (nSPS) is 10.3. The largest absolute Gasteiger partial charge is 0.494 e. The quantitative estimate of drug-likeness (QED) is 0.573. The van der Waals surface area contributed by atoms with E-state index < -0.39 is 0 Å². The van der Waals surface area contributed by atoms with Crippen molar-refractivity contribution < 1.29 is 14.3 Å². The van der Waals surface area contributed by atoms with E-state index >= 15 is 0 Å². The highest BCUT2D eigenvalue weighted by Crippen LogP contribution is 2.31. The van der Waals surface area contributed by atoms with Crippen molar-refractivity contribution in [2.75, 3.05) is 11.9 Å². The molecule has 1 aromatic heterocycles. The summed E-state index contributed by atoms with van der Waals surface area (Å²) in [4.78, 5) is 16.7. The Morgan fingerprint density at radius 2 is 1.74 bits per heavy atom. The fourth-order valence-corrected chi connectivity index (χ4v) is 2.72. The smallest absolute Gasteiger partial charge is 0.258 e. The van der Waals surface area contributed by atoms with Crippen molar-refractivity contribution in [3.8, 4) is 17.2 Å². The van der Waals surface area contributed by atoms with Crippen molar-refractivity contribution in [3.63, 3.8) is 0 Å². The molecule has 0 saturated carbocycles. The van der Waals surface area contributed by atoms with Crippen LogP contribution in [0.1, 0.15) is 23.0 Å². The van der Waals surface area contributed by atoms with E-state index in [1.54, 1.807) is 24.3 Å². The van der Waals surface area contributed by atoms with Gasteiger partial charge in [0.25, 0.3) is 5.91 Å². The van der Waals surface area contributed by atoms with Gasteiger partial charge in [-0.15, -0.1) is 0 Å². The minimum Gasteiger partial charge on any atom is -0.494 e. The standard InChI is InChI=1S/C21H19ClN2O3/c1-3-26-15-9-11-16(12-10-15)27-19-7-5-4-6-18(19)24-21(25)17-13-8-14(2)23-20(17)22/h4-13H,3H2,1-2H3,(H,24,25). The number of nitrogens with zero attached hydrogens (tertiary/aromatic N) is 1. The predicted molar refractivity (Wildman–Crippen MR) is 106 cm³/mol. The number of carbonyl (C=O) groups excluding carboxylic acids is 1. The molecule has 0 radical (unpaired) electrons. The van der Waals surface area contributed by atoms with Gasteiger partial charge in [-0.1, -0.05) is 23.7 Å². The summed E-state index contributed by atoms with van der Waals surface area (Å²) in [6.07, 6.45) is 0. The first kappa shape index (κ1) is 18.7. The van der Waals surface area contributed by atoms with Crippen LogP contribution >= 0.6 is 11.6 Å². The van der Waals surface area contributed by atoms with Crippen LogP contribution in [-0.2, 0) is 0 Å². The fraction of sp³-hybridized carbons (Fsp3) is 0.143. The highest BCUT2D eigenvalue weighted by Gasteiger charge is 2.14. The van der Waals surface area contributed by atoms with Gasteiger partial charge in [0, 0.05) is 5.69 Å². The molecule has 1 amide bonds. The summed E-state index contributed by atoms with van der Waals surface area (Å²) in [7, 11) is 0. The van der Waals surface area contributed by atoms with Crippen LogP contribution in [0.15, 0.2) is 60.7 Å². The van der Waals surface area contributed by atoms with Crippen LogP contribution in [0.3, 0.4) is 0 Å². The molecular weight excluding hydrogens is 364 g/mol. The van der Waals surface area contributed by atoms with Crippen LogP contribution in [0.25, 0.3) is 0 Å². The number of aromatic nitrogens is 1. The number of rotatable bonds is 6. The van der Waals surface area contributed by atoms with Gasteiger partial charge in [0.05, 0.1) is 17.9 Å². The van der Waals surface area contributed by atoms with E-state index in [-0.39, 0.29) is 11.1 Å². The number of amides is 1. The van der Waals surface area contributed by atoms with E-state index in [0.29, 0.717) is 29.4 Å². The zero-order chi connectivity index (χ0) is 19.2. The number of ether oxygens (including phenoxy) is 2. The van der Waals surface area contributed by atoms with Crippen molar-refractivity contribution in [1.29, 1.82) is 0 Å². The van der Waals surface area contributed by atoms with E-state index in [1.165, 1.54) is 0 Å². The van der Waals surface area contributed by atoms with E-state index in [1.807, 2.05) is 50.2 Å². The lowest BCUT2D eigenvalue weighted by atomic mass is 10.2. The molecule has 0 saturated heterocycles. The first-order chi connectivity index (χ1) is 13.1. The summed E-state index contributed by atoms with van der Waals surface area (Å²) in [5.74, 6) is 1.57.